The number of esters is 1. The lowest BCUT2D eigenvalue weighted by atomic mass is 10.0. The number of aliphatic carboxylic acids is 2. The van der Waals surface area contributed by atoms with Crippen LogP contribution in [0.15, 0.2) is 12.7 Å². The van der Waals surface area contributed by atoms with E-state index < -0.39 is 23.8 Å². The molecule has 0 bridgehead atoms. The molecule has 0 spiro atoms. The second-order valence-electron chi connectivity index (χ2n) is 2.74. The van der Waals surface area contributed by atoms with Crippen LogP contribution >= 0.6 is 0 Å². The predicted molar refractivity (Wildman–Crippen MR) is 49.2 cm³/mol. The largest absolute Gasteiger partial charge is 0.481 e. The SMILES string of the molecule is C=CCOC(=O)CCC(C(=O)O)C(=O)O. The number of carbonyl (C=O) groups excluding carboxylic acids is 1. The number of rotatable bonds is 7. The monoisotopic (exact) mass is 216 g/mol. The van der Waals surface area contributed by atoms with Crippen molar-refractivity contribution in [1.29, 1.82) is 0 Å². The molecule has 0 fully saturated rings. The summed E-state index contributed by atoms with van der Waals surface area (Å²) < 4.78 is 4.56. The second-order valence-corrected chi connectivity index (χ2v) is 2.74. The Morgan fingerprint density at radius 1 is 1.27 bits per heavy atom. The molecule has 2 N–H and O–H groups in total. The smallest absolute Gasteiger partial charge is 0.317 e. The first kappa shape index (κ1) is 13.2. The summed E-state index contributed by atoms with van der Waals surface area (Å²) in [5, 5.41) is 17.0. The summed E-state index contributed by atoms with van der Waals surface area (Å²) in [7, 11) is 0. The molecule has 15 heavy (non-hydrogen) atoms. The first-order chi connectivity index (χ1) is 6.99. The van der Waals surface area contributed by atoms with Crippen molar-refractivity contribution in [2.24, 2.45) is 5.92 Å². The molecule has 0 aliphatic rings. The van der Waals surface area contributed by atoms with Gasteiger partial charge in [-0.25, -0.2) is 0 Å². The zero-order valence-corrected chi connectivity index (χ0v) is 8.01. The van der Waals surface area contributed by atoms with Gasteiger partial charge in [0.05, 0.1) is 0 Å². The molecule has 0 aromatic carbocycles. The van der Waals surface area contributed by atoms with E-state index in [1.165, 1.54) is 6.08 Å². The van der Waals surface area contributed by atoms with Crippen LogP contribution in [0.4, 0.5) is 0 Å². The number of carboxylic acid groups (broad SMARTS) is 2. The van der Waals surface area contributed by atoms with Crippen LogP contribution in [-0.2, 0) is 19.1 Å². The van der Waals surface area contributed by atoms with Crippen molar-refractivity contribution in [3.63, 3.8) is 0 Å². The third kappa shape index (κ3) is 5.45. The third-order valence-corrected chi connectivity index (χ3v) is 1.60. The molecule has 0 saturated carbocycles. The van der Waals surface area contributed by atoms with Crippen molar-refractivity contribution in [2.75, 3.05) is 6.61 Å². The summed E-state index contributed by atoms with van der Waals surface area (Å²) in [5.41, 5.74) is 0. The third-order valence-electron chi connectivity index (χ3n) is 1.60. The summed E-state index contributed by atoms with van der Waals surface area (Å²) in [4.78, 5) is 31.7. The van der Waals surface area contributed by atoms with Gasteiger partial charge in [-0.15, -0.1) is 0 Å². The number of hydrogen-bond acceptors (Lipinski definition) is 4. The predicted octanol–water partition coefficient (Wildman–Crippen LogP) is 0.281. The maximum Gasteiger partial charge on any atom is 0.317 e. The zero-order chi connectivity index (χ0) is 11.8. The van der Waals surface area contributed by atoms with E-state index in [1.807, 2.05) is 0 Å². The molecule has 0 aliphatic heterocycles. The van der Waals surface area contributed by atoms with Gasteiger partial charge >= 0.3 is 17.9 Å². The Hall–Kier alpha value is -1.85. The van der Waals surface area contributed by atoms with Crippen molar-refractivity contribution < 1.29 is 29.3 Å². The van der Waals surface area contributed by atoms with E-state index in [1.54, 1.807) is 0 Å². The summed E-state index contributed by atoms with van der Waals surface area (Å²) >= 11 is 0. The van der Waals surface area contributed by atoms with Gasteiger partial charge in [0.15, 0.2) is 5.92 Å². The van der Waals surface area contributed by atoms with Crippen molar-refractivity contribution in [1.82, 2.24) is 0 Å². The van der Waals surface area contributed by atoms with E-state index in [0.29, 0.717) is 0 Å². The van der Waals surface area contributed by atoms with Crippen LogP contribution in [0.1, 0.15) is 12.8 Å². The van der Waals surface area contributed by atoms with Crippen LogP contribution in [0.25, 0.3) is 0 Å². The molecule has 0 aliphatic carbocycles. The van der Waals surface area contributed by atoms with Crippen LogP contribution in [0, 0.1) is 5.92 Å². The molecule has 0 amide bonds. The highest BCUT2D eigenvalue weighted by molar-refractivity contribution is 5.93. The molecular formula is C9H12O6. The fourth-order valence-electron chi connectivity index (χ4n) is 0.839. The zero-order valence-electron chi connectivity index (χ0n) is 8.01. The Kier molecular flexibility index (Phi) is 5.77. The maximum atomic E-state index is 10.9. The minimum absolute atomic E-state index is 0.0314. The number of ether oxygens (including phenoxy) is 1. The van der Waals surface area contributed by atoms with Crippen molar-refractivity contribution in [3.05, 3.63) is 12.7 Å². The number of hydrogen-bond donors (Lipinski definition) is 2. The summed E-state index contributed by atoms with van der Waals surface area (Å²) in [6, 6.07) is 0. The lowest BCUT2D eigenvalue weighted by Crippen LogP contribution is -2.24. The molecule has 0 rings (SSSR count). The first-order valence-electron chi connectivity index (χ1n) is 4.21. The Balaban J connectivity index is 4.00. The van der Waals surface area contributed by atoms with Crippen LogP contribution in [-0.4, -0.2) is 34.7 Å². The average Bonchev–Trinajstić information content (AvgIpc) is 2.13. The van der Waals surface area contributed by atoms with E-state index in [2.05, 4.69) is 11.3 Å². The van der Waals surface area contributed by atoms with Crippen molar-refractivity contribution >= 4 is 17.9 Å². The molecule has 0 heterocycles. The molecule has 6 nitrogen and oxygen atoms in total. The van der Waals surface area contributed by atoms with Crippen LogP contribution in [0.5, 0.6) is 0 Å². The van der Waals surface area contributed by atoms with E-state index in [-0.39, 0.29) is 19.4 Å². The second kappa shape index (κ2) is 6.58. The van der Waals surface area contributed by atoms with Crippen LogP contribution in [0.3, 0.4) is 0 Å². The van der Waals surface area contributed by atoms with Crippen molar-refractivity contribution in [2.45, 2.75) is 12.8 Å². The Bertz CT molecular complexity index is 256. The van der Waals surface area contributed by atoms with E-state index in [9.17, 15) is 14.4 Å². The molecule has 0 atom stereocenters. The van der Waals surface area contributed by atoms with Gasteiger partial charge < -0.3 is 14.9 Å². The highest BCUT2D eigenvalue weighted by Crippen LogP contribution is 2.08. The van der Waals surface area contributed by atoms with Gasteiger partial charge in [0, 0.05) is 6.42 Å². The van der Waals surface area contributed by atoms with Gasteiger partial charge in [0.2, 0.25) is 0 Å². The van der Waals surface area contributed by atoms with Gasteiger partial charge in [0.1, 0.15) is 6.61 Å². The van der Waals surface area contributed by atoms with E-state index in [4.69, 9.17) is 10.2 Å². The molecule has 0 radical (unpaired) electrons. The summed E-state index contributed by atoms with van der Waals surface area (Å²) in [5.74, 6) is -5.12. The maximum absolute atomic E-state index is 10.9. The highest BCUT2D eigenvalue weighted by Gasteiger charge is 2.26. The Labute approximate surface area is 86.2 Å². The van der Waals surface area contributed by atoms with E-state index in [0.717, 1.165) is 0 Å². The molecule has 0 aromatic heterocycles. The average molecular weight is 216 g/mol. The summed E-state index contributed by atoms with van der Waals surface area (Å²) in [6.07, 6.45) is 0.849. The highest BCUT2D eigenvalue weighted by atomic mass is 16.5. The molecule has 84 valence electrons. The number of carbonyl (C=O) groups is 3. The van der Waals surface area contributed by atoms with Gasteiger partial charge in [-0.3, -0.25) is 14.4 Å². The van der Waals surface area contributed by atoms with Crippen LogP contribution in [0.2, 0.25) is 0 Å². The Morgan fingerprint density at radius 2 is 1.80 bits per heavy atom. The van der Waals surface area contributed by atoms with Crippen LogP contribution < -0.4 is 0 Å². The van der Waals surface area contributed by atoms with Gasteiger partial charge in [-0.2, -0.15) is 0 Å². The quantitative estimate of drug-likeness (QED) is 0.360. The number of carboxylic acids is 2. The van der Waals surface area contributed by atoms with Gasteiger partial charge in [-0.1, -0.05) is 12.7 Å². The molecule has 6 heteroatoms. The first-order valence-corrected chi connectivity index (χ1v) is 4.21. The normalized spacial score (nSPS) is 9.67. The standard InChI is InChI=1S/C9H12O6/c1-2-5-15-7(10)4-3-6(8(11)12)9(13)14/h2,6H,1,3-5H2,(H,11,12)(H,13,14). The lowest BCUT2D eigenvalue weighted by molar-refractivity contribution is -0.155. The van der Waals surface area contributed by atoms with Gasteiger partial charge in [-0.05, 0) is 6.42 Å². The minimum Gasteiger partial charge on any atom is -0.481 e. The minimum atomic E-state index is -1.57. The topological polar surface area (TPSA) is 101 Å². The fraction of sp³-hybridized carbons (Fsp3) is 0.444. The fourth-order valence-corrected chi connectivity index (χ4v) is 0.839. The lowest BCUT2D eigenvalue weighted by Gasteiger charge is -2.06. The molecule has 0 aromatic rings. The van der Waals surface area contributed by atoms with Gasteiger partial charge in [0.25, 0.3) is 0 Å². The molecule has 0 unspecified atom stereocenters. The molecule has 0 saturated heterocycles. The van der Waals surface area contributed by atoms with E-state index >= 15 is 0 Å². The summed E-state index contributed by atoms with van der Waals surface area (Å²) in [6.45, 7) is 3.35. The van der Waals surface area contributed by atoms with Crippen molar-refractivity contribution in [3.8, 4) is 0 Å². The molecular weight excluding hydrogens is 204 g/mol. The Morgan fingerprint density at radius 3 is 2.20 bits per heavy atom.